The summed E-state index contributed by atoms with van der Waals surface area (Å²) in [6, 6.07) is 13.2. The van der Waals surface area contributed by atoms with Crippen molar-refractivity contribution in [3.05, 3.63) is 58.7 Å². The van der Waals surface area contributed by atoms with E-state index >= 15 is 0 Å². The lowest BCUT2D eigenvalue weighted by atomic mass is 10.0. The molecule has 0 amide bonds. The van der Waals surface area contributed by atoms with Crippen LogP contribution in [0.15, 0.2) is 42.6 Å². The fourth-order valence-corrected chi connectivity index (χ4v) is 2.73. The topological polar surface area (TPSA) is 73.7 Å². The van der Waals surface area contributed by atoms with Gasteiger partial charge in [-0.2, -0.15) is 10.4 Å². The molecule has 24 heavy (non-hydrogen) atoms. The van der Waals surface area contributed by atoms with Crippen LogP contribution < -0.4 is 10.1 Å². The second kappa shape index (κ2) is 7.35. The van der Waals surface area contributed by atoms with Crippen LogP contribution in [0.1, 0.15) is 23.7 Å². The lowest BCUT2D eigenvalue weighted by Gasteiger charge is -2.20. The summed E-state index contributed by atoms with van der Waals surface area (Å²) in [6.07, 6.45) is 2.35. The summed E-state index contributed by atoms with van der Waals surface area (Å²) in [5.41, 5.74) is 2.48. The van der Waals surface area contributed by atoms with Gasteiger partial charge in [-0.05, 0) is 43.4 Å². The maximum atomic E-state index is 9.28. The van der Waals surface area contributed by atoms with Crippen molar-refractivity contribution in [1.29, 1.82) is 5.26 Å². The molecule has 0 spiro atoms. The number of H-pyrrole nitrogens is 1. The summed E-state index contributed by atoms with van der Waals surface area (Å²) in [5, 5.41) is 21.0. The molecule has 1 heterocycles. The third-order valence-corrected chi connectivity index (χ3v) is 4.06. The minimum Gasteiger partial charge on any atom is -0.484 e. The molecule has 2 N–H and O–H groups in total. The number of nitrogens with one attached hydrogen (secondary N) is 2. The predicted octanol–water partition coefficient (Wildman–Crippen LogP) is 3.82. The van der Waals surface area contributed by atoms with E-state index in [2.05, 4.69) is 27.6 Å². The van der Waals surface area contributed by atoms with Gasteiger partial charge in [0, 0.05) is 22.9 Å². The lowest BCUT2D eigenvalue weighted by Crippen LogP contribution is -2.16. The number of nitriles is 1. The monoisotopic (exact) mass is 340 g/mol. The van der Waals surface area contributed by atoms with Crippen LogP contribution in [0.5, 0.6) is 5.75 Å². The van der Waals surface area contributed by atoms with Gasteiger partial charge in [-0.1, -0.05) is 17.7 Å². The Morgan fingerprint density at radius 2 is 2.21 bits per heavy atom. The van der Waals surface area contributed by atoms with Gasteiger partial charge in [-0.25, -0.2) is 0 Å². The average molecular weight is 341 g/mol. The molecule has 0 radical (unpaired) electrons. The molecular formula is C18H17ClN4O. The Bertz CT molecular complexity index is 884. The van der Waals surface area contributed by atoms with Gasteiger partial charge in [0.2, 0.25) is 0 Å². The first kappa shape index (κ1) is 16.3. The summed E-state index contributed by atoms with van der Waals surface area (Å²) >= 11 is 6.06. The van der Waals surface area contributed by atoms with E-state index in [0.29, 0.717) is 16.3 Å². The molecule has 5 nitrogen and oxygen atoms in total. The van der Waals surface area contributed by atoms with Crippen molar-refractivity contribution in [3.63, 3.8) is 0 Å². The molecule has 0 aliphatic heterocycles. The largest absolute Gasteiger partial charge is 0.484 e. The van der Waals surface area contributed by atoms with E-state index in [1.807, 2.05) is 19.2 Å². The van der Waals surface area contributed by atoms with Gasteiger partial charge in [0.15, 0.2) is 0 Å². The number of aromatic amines is 1. The molecule has 3 aromatic rings. The van der Waals surface area contributed by atoms with Crippen molar-refractivity contribution in [2.24, 2.45) is 0 Å². The fourth-order valence-electron chi connectivity index (χ4n) is 2.57. The highest BCUT2D eigenvalue weighted by Gasteiger charge is 2.16. The summed E-state index contributed by atoms with van der Waals surface area (Å²) in [5.74, 6) is 0.499. The number of benzene rings is 2. The van der Waals surface area contributed by atoms with Gasteiger partial charge in [-0.3, -0.25) is 5.10 Å². The lowest BCUT2D eigenvalue weighted by molar-refractivity contribution is 0.194. The zero-order chi connectivity index (χ0) is 16.9. The van der Waals surface area contributed by atoms with E-state index in [9.17, 15) is 5.26 Å². The quantitative estimate of drug-likeness (QED) is 0.715. The molecule has 1 unspecified atom stereocenters. The van der Waals surface area contributed by atoms with Crippen LogP contribution in [0, 0.1) is 11.3 Å². The number of hydrogen-bond donors (Lipinski definition) is 2. The Balaban J connectivity index is 1.94. The zero-order valence-corrected chi connectivity index (χ0v) is 14.0. The van der Waals surface area contributed by atoms with Gasteiger partial charge in [0.05, 0.1) is 17.3 Å². The summed E-state index contributed by atoms with van der Waals surface area (Å²) in [4.78, 5) is 0. The van der Waals surface area contributed by atoms with Crippen LogP contribution in [-0.4, -0.2) is 23.8 Å². The molecule has 2 aromatic carbocycles. The molecule has 0 fully saturated rings. The first-order chi connectivity index (χ1) is 11.7. The SMILES string of the molecule is CNCCC(Oc1cc(Cl)ccc1C#N)c1ccc2[nH]ncc2c1. The third-order valence-electron chi connectivity index (χ3n) is 3.83. The second-order valence-corrected chi connectivity index (χ2v) is 5.90. The van der Waals surface area contributed by atoms with Crippen molar-refractivity contribution in [3.8, 4) is 11.8 Å². The molecule has 0 saturated carbocycles. The highest BCUT2D eigenvalue weighted by molar-refractivity contribution is 6.30. The van der Waals surface area contributed by atoms with Crippen molar-refractivity contribution in [2.75, 3.05) is 13.6 Å². The minimum atomic E-state index is -0.192. The van der Waals surface area contributed by atoms with Gasteiger partial charge in [0.1, 0.15) is 17.9 Å². The van der Waals surface area contributed by atoms with Gasteiger partial charge in [0.25, 0.3) is 0 Å². The summed E-state index contributed by atoms with van der Waals surface area (Å²) in [7, 11) is 1.90. The van der Waals surface area contributed by atoms with Crippen molar-refractivity contribution < 1.29 is 4.74 Å². The maximum Gasteiger partial charge on any atom is 0.139 e. The van der Waals surface area contributed by atoms with E-state index in [1.165, 1.54) is 0 Å². The van der Waals surface area contributed by atoms with Crippen molar-refractivity contribution >= 4 is 22.5 Å². The van der Waals surface area contributed by atoms with E-state index in [0.717, 1.165) is 29.4 Å². The van der Waals surface area contributed by atoms with E-state index in [4.69, 9.17) is 16.3 Å². The third kappa shape index (κ3) is 3.51. The van der Waals surface area contributed by atoms with Crippen LogP contribution in [0.25, 0.3) is 10.9 Å². The number of halogens is 1. The van der Waals surface area contributed by atoms with Gasteiger partial charge >= 0.3 is 0 Å². The number of nitrogens with zero attached hydrogens (tertiary/aromatic N) is 2. The first-order valence-electron chi connectivity index (χ1n) is 7.65. The summed E-state index contributed by atoms with van der Waals surface area (Å²) < 4.78 is 6.15. The van der Waals surface area contributed by atoms with E-state index < -0.39 is 0 Å². The van der Waals surface area contributed by atoms with Crippen molar-refractivity contribution in [1.82, 2.24) is 15.5 Å². The predicted molar refractivity (Wildman–Crippen MR) is 94.2 cm³/mol. The van der Waals surface area contributed by atoms with Crippen LogP contribution in [0.2, 0.25) is 5.02 Å². The molecule has 1 atom stereocenters. The van der Waals surface area contributed by atoms with Gasteiger partial charge < -0.3 is 10.1 Å². The Hall–Kier alpha value is -2.55. The number of hydrogen-bond acceptors (Lipinski definition) is 4. The Labute approximate surface area is 145 Å². The molecule has 1 aromatic heterocycles. The molecule has 122 valence electrons. The smallest absolute Gasteiger partial charge is 0.139 e. The second-order valence-electron chi connectivity index (χ2n) is 5.47. The Kier molecular flexibility index (Phi) is 4.99. The van der Waals surface area contributed by atoms with Crippen molar-refractivity contribution in [2.45, 2.75) is 12.5 Å². The van der Waals surface area contributed by atoms with Crippen LogP contribution in [0.4, 0.5) is 0 Å². The molecular weight excluding hydrogens is 324 g/mol. The average Bonchev–Trinajstić information content (AvgIpc) is 3.06. The molecule has 6 heteroatoms. The normalized spacial score (nSPS) is 12.0. The molecule has 0 aliphatic rings. The number of ether oxygens (including phenoxy) is 1. The number of aromatic nitrogens is 2. The van der Waals surface area contributed by atoms with Crippen LogP contribution in [0.3, 0.4) is 0 Å². The molecule has 0 bridgehead atoms. The van der Waals surface area contributed by atoms with Gasteiger partial charge in [-0.15, -0.1) is 0 Å². The highest BCUT2D eigenvalue weighted by Crippen LogP contribution is 2.30. The standard InChI is InChI=1S/C18H17ClN4O/c1-21-7-6-17(12-3-5-16-14(8-12)11-22-23-16)24-18-9-15(19)4-2-13(18)10-20/h2-5,8-9,11,17,21H,6-7H2,1H3,(H,22,23). The molecule has 0 saturated heterocycles. The maximum absolute atomic E-state index is 9.28. The van der Waals surface area contributed by atoms with Crippen LogP contribution in [-0.2, 0) is 0 Å². The zero-order valence-electron chi connectivity index (χ0n) is 13.2. The molecule has 0 aliphatic carbocycles. The highest BCUT2D eigenvalue weighted by atomic mass is 35.5. The Morgan fingerprint density at radius 1 is 1.33 bits per heavy atom. The Morgan fingerprint density at radius 3 is 3.00 bits per heavy atom. The number of fused-ring (bicyclic) bond motifs is 1. The fraction of sp³-hybridized carbons (Fsp3) is 0.222. The van der Waals surface area contributed by atoms with E-state index in [1.54, 1.807) is 24.4 Å². The van der Waals surface area contributed by atoms with Crippen LogP contribution >= 0.6 is 11.6 Å². The summed E-state index contributed by atoms with van der Waals surface area (Å²) in [6.45, 7) is 0.788. The number of rotatable bonds is 6. The first-order valence-corrected chi connectivity index (χ1v) is 8.03. The minimum absolute atomic E-state index is 0.192. The van der Waals surface area contributed by atoms with E-state index in [-0.39, 0.29) is 6.10 Å². The molecule has 3 rings (SSSR count).